The van der Waals surface area contributed by atoms with Gasteiger partial charge in [0.25, 0.3) is 0 Å². The Morgan fingerprint density at radius 3 is 1.78 bits per heavy atom. The maximum absolute atomic E-state index is 7.33. The maximum Gasteiger partial charge on any atom is 0.145 e. The fourth-order valence-corrected chi connectivity index (χ4v) is 9.95. The van der Waals surface area contributed by atoms with E-state index in [1.165, 1.54) is 60.3 Å². The minimum absolute atomic E-state index is 0.155. The molecule has 2 nitrogen and oxygen atoms in total. The Hall–Kier alpha value is -7.42. The number of rotatable bonds is 5. The SMILES string of the molecule is CC1(C)c2ccccc2-c2ccc(N(c3ccc(-c4ccccc4)cc3)c3ccc(-c4ccc5ccccc5c4)c4oc5c6ccccc6c6ccccc6c5c34)cc21. The monoisotopic (exact) mass is 753 g/mol. The van der Waals surface area contributed by atoms with E-state index in [2.05, 4.69) is 219 Å². The molecule has 0 amide bonds. The van der Waals surface area contributed by atoms with Crippen LogP contribution >= 0.6 is 0 Å². The molecule has 10 aromatic carbocycles. The molecular formula is C57H39NO. The average molecular weight is 754 g/mol. The highest BCUT2D eigenvalue weighted by Gasteiger charge is 2.36. The van der Waals surface area contributed by atoms with Crippen LogP contribution in [0.2, 0.25) is 0 Å². The van der Waals surface area contributed by atoms with Crippen LogP contribution in [-0.2, 0) is 5.41 Å². The van der Waals surface area contributed by atoms with Gasteiger partial charge in [0.1, 0.15) is 11.2 Å². The van der Waals surface area contributed by atoms with Crippen molar-refractivity contribution in [3.8, 4) is 33.4 Å². The lowest BCUT2D eigenvalue weighted by Gasteiger charge is -2.29. The molecule has 11 aromatic rings. The molecule has 0 N–H and O–H groups in total. The molecule has 0 spiro atoms. The van der Waals surface area contributed by atoms with Gasteiger partial charge in [-0.15, -0.1) is 0 Å². The number of furan rings is 1. The molecule has 0 fully saturated rings. The second-order valence-electron chi connectivity index (χ2n) is 16.4. The molecule has 0 bridgehead atoms. The van der Waals surface area contributed by atoms with Crippen molar-refractivity contribution in [1.29, 1.82) is 0 Å². The Morgan fingerprint density at radius 2 is 0.966 bits per heavy atom. The molecule has 1 aliphatic rings. The van der Waals surface area contributed by atoms with Gasteiger partial charge in [-0.1, -0.05) is 172 Å². The number of nitrogens with zero attached hydrogens (tertiary/aromatic N) is 1. The largest absolute Gasteiger partial charge is 0.455 e. The van der Waals surface area contributed by atoms with Gasteiger partial charge in [-0.05, 0) is 108 Å². The Morgan fingerprint density at radius 1 is 0.373 bits per heavy atom. The highest BCUT2D eigenvalue weighted by molar-refractivity contribution is 6.33. The summed E-state index contributed by atoms with van der Waals surface area (Å²) < 4.78 is 7.33. The Labute approximate surface area is 343 Å². The van der Waals surface area contributed by atoms with E-state index < -0.39 is 0 Å². The lowest BCUT2D eigenvalue weighted by molar-refractivity contribution is 0.660. The van der Waals surface area contributed by atoms with E-state index in [1.807, 2.05) is 0 Å². The summed E-state index contributed by atoms with van der Waals surface area (Å²) in [6.45, 7) is 4.72. The predicted octanol–water partition coefficient (Wildman–Crippen LogP) is 16.2. The molecule has 0 unspecified atom stereocenters. The summed E-state index contributed by atoms with van der Waals surface area (Å²) in [5, 5.41) is 9.36. The lowest BCUT2D eigenvalue weighted by atomic mass is 9.82. The summed E-state index contributed by atoms with van der Waals surface area (Å²) in [5.74, 6) is 0. The Bertz CT molecular complexity index is 3460. The maximum atomic E-state index is 7.33. The summed E-state index contributed by atoms with van der Waals surface area (Å²) >= 11 is 0. The first-order chi connectivity index (χ1) is 29.0. The molecule has 0 atom stereocenters. The molecule has 1 aromatic heterocycles. The van der Waals surface area contributed by atoms with Crippen LogP contribution in [0.4, 0.5) is 17.1 Å². The van der Waals surface area contributed by atoms with Gasteiger partial charge in [-0.2, -0.15) is 0 Å². The lowest BCUT2D eigenvalue weighted by Crippen LogP contribution is -2.16. The molecular weight excluding hydrogens is 715 g/mol. The third-order valence-electron chi connectivity index (χ3n) is 12.8. The first kappa shape index (κ1) is 33.7. The van der Waals surface area contributed by atoms with Crippen LogP contribution in [0.15, 0.2) is 205 Å². The van der Waals surface area contributed by atoms with Gasteiger partial charge in [-0.3, -0.25) is 0 Å². The van der Waals surface area contributed by atoms with Crippen LogP contribution in [0.25, 0.3) is 87.6 Å². The summed E-state index contributed by atoms with van der Waals surface area (Å²) in [6.07, 6.45) is 0. The van der Waals surface area contributed by atoms with Crippen molar-refractivity contribution in [3.05, 3.63) is 211 Å². The van der Waals surface area contributed by atoms with Gasteiger partial charge >= 0.3 is 0 Å². The Kier molecular flexibility index (Phi) is 7.31. The number of fused-ring (bicyclic) bond motifs is 12. The van der Waals surface area contributed by atoms with Crippen LogP contribution in [-0.4, -0.2) is 0 Å². The van der Waals surface area contributed by atoms with E-state index in [-0.39, 0.29) is 5.41 Å². The minimum atomic E-state index is -0.155. The predicted molar refractivity (Wildman–Crippen MR) is 249 cm³/mol. The molecule has 0 aliphatic heterocycles. The van der Waals surface area contributed by atoms with Crippen LogP contribution in [0, 0.1) is 0 Å². The number of hydrogen-bond donors (Lipinski definition) is 0. The van der Waals surface area contributed by atoms with Crippen molar-refractivity contribution in [2.24, 2.45) is 0 Å². The fraction of sp³-hybridized carbons (Fsp3) is 0.0526. The number of hydrogen-bond acceptors (Lipinski definition) is 2. The molecule has 2 heteroatoms. The molecule has 0 saturated carbocycles. The van der Waals surface area contributed by atoms with Gasteiger partial charge in [0.05, 0.1) is 11.1 Å². The van der Waals surface area contributed by atoms with Gasteiger partial charge in [0, 0.05) is 33.1 Å². The van der Waals surface area contributed by atoms with Gasteiger partial charge < -0.3 is 9.32 Å². The van der Waals surface area contributed by atoms with E-state index in [0.717, 1.165) is 55.5 Å². The molecule has 12 rings (SSSR count). The Balaban J connectivity index is 1.19. The van der Waals surface area contributed by atoms with Crippen molar-refractivity contribution >= 4 is 71.3 Å². The quantitative estimate of drug-likeness (QED) is 0.163. The minimum Gasteiger partial charge on any atom is -0.455 e. The molecule has 59 heavy (non-hydrogen) atoms. The molecule has 0 radical (unpaired) electrons. The van der Waals surface area contributed by atoms with Gasteiger partial charge in [-0.25, -0.2) is 0 Å². The van der Waals surface area contributed by atoms with E-state index in [1.54, 1.807) is 0 Å². The highest BCUT2D eigenvalue weighted by atomic mass is 16.3. The second-order valence-corrected chi connectivity index (χ2v) is 16.4. The van der Waals surface area contributed by atoms with Crippen molar-refractivity contribution in [1.82, 2.24) is 0 Å². The van der Waals surface area contributed by atoms with Crippen molar-refractivity contribution < 1.29 is 4.42 Å². The van der Waals surface area contributed by atoms with Crippen molar-refractivity contribution in [2.75, 3.05) is 4.90 Å². The summed E-state index contributed by atoms with van der Waals surface area (Å²) in [6, 6.07) is 73.1. The zero-order valence-electron chi connectivity index (χ0n) is 32.9. The third kappa shape index (κ3) is 5.06. The van der Waals surface area contributed by atoms with E-state index in [9.17, 15) is 0 Å². The van der Waals surface area contributed by atoms with E-state index in [4.69, 9.17) is 4.42 Å². The summed E-state index contributed by atoms with van der Waals surface area (Å²) in [4.78, 5) is 2.46. The average Bonchev–Trinajstić information content (AvgIpc) is 3.81. The molecule has 0 saturated heterocycles. The normalized spacial score (nSPS) is 13.1. The highest BCUT2D eigenvalue weighted by Crippen LogP contribution is 2.53. The van der Waals surface area contributed by atoms with Crippen molar-refractivity contribution in [3.63, 3.8) is 0 Å². The first-order valence-electron chi connectivity index (χ1n) is 20.5. The van der Waals surface area contributed by atoms with Crippen LogP contribution in [0.3, 0.4) is 0 Å². The number of benzene rings is 10. The first-order valence-corrected chi connectivity index (χ1v) is 20.5. The molecule has 278 valence electrons. The summed E-state index contributed by atoms with van der Waals surface area (Å²) in [5.41, 5.74) is 14.8. The standard InChI is InChI=1S/C57H39NO/c1-57(2)50-23-13-12-20-46(50)47-31-30-42(35-51(47)57)58(41-28-26-38(27-29-41)36-14-4-3-5-15-36)52-33-32-43(40-25-24-37-16-6-7-17-39(37)34-40)55-54(52)53-48-21-10-8-18-44(48)45-19-9-11-22-49(45)56(53)59-55/h3-35H,1-2H3. The second kappa shape index (κ2) is 12.8. The zero-order valence-corrected chi connectivity index (χ0v) is 32.9. The molecule has 1 heterocycles. The molecule has 1 aliphatic carbocycles. The third-order valence-corrected chi connectivity index (χ3v) is 12.8. The summed E-state index contributed by atoms with van der Waals surface area (Å²) in [7, 11) is 0. The van der Waals surface area contributed by atoms with E-state index in [0.29, 0.717) is 0 Å². The van der Waals surface area contributed by atoms with Gasteiger partial charge in [0.15, 0.2) is 0 Å². The van der Waals surface area contributed by atoms with Crippen LogP contribution < -0.4 is 4.90 Å². The van der Waals surface area contributed by atoms with Crippen molar-refractivity contribution in [2.45, 2.75) is 19.3 Å². The van der Waals surface area contributed by atoms with E-state index >= 15 is 0 Å². The van der Waals surface area contributed by atoms with Crippen LogP contribution in [0.5, 0.6) is 0 Å². The smallest absolute Gasteiger partial charge is 0.145 e. The number of anilines is 3. The van der Waals surface area contributed by atoms with Crippen LogP contribution in [0.1, 0.15) is 25.0 Å². The topological polar surface area (TPSA) is 16.4 Å². The zero-order chi connectivity index (χ0) is 39.2. The fourth-order valence-electron chi connectivity index (χ4n) is 9.95. The van der Waals surface area contributed by atoms with Gasteiger partial charge in [0.2, 0.25) is 0 Å².